The average molecular weight is 352 g/mol. The van der Waals surface area contributed by atoms with E-state index in [1.54, 1.807) is 4.90 Å². The third-order valence-corrected chi connectivity index (χ3v) is 4.76. The minimum atomic E-state index is -0.299. The summed E-state index contributed by atoms with van der Waals surface area (Å²) in [6, 6.07) is 9.80. The molecule has 2 N–H and O–H groups in total. The van der Waals surface area contributed by atoms with Gasteiger partial charge in [0.2, 0.25) is 11.8 Å². The van der Waals surface area contributed by atoms with Gasteiger partial charge in [0.25, 0.3) is 0 Å². The summed E-state index contributed by atoms with van der Waals surface area (Å²) in [6.07, 6.45) is 4.33. The Labute approximate surface area is 149 Å². The highest BCUT2D eigenvalue weighted by Crippen LogP contribution is 2.19. The van der Waals surface area contributed by atoms with Gasteiger partial charge in [-0.2, -0.15) is 0 Å². The van der Waals surface area contributed by atoms with Crippen LogP contribution in [0, 0.1) is 0 Å². The predicted octanol–water partition coefficient (Wildman–Crippen LogP) is 1.51. The number of hydrogen-bond acceptors (Lipinski definition) is 3. The van der Waals surface area contributed by atoms with Gasteiger partial charge in [-0.15, -0.1) is 12.4 Å². The van der Waals surface area contributed by atoms with Crippen LogP contribution in [0.1, 0.15) is 31.2 Å². The van der Waals surface area contributed by atoms with E-state index in [-0.39, 0.29) is 30.3 Å². The fraction of sp³-hybridized carbons (Fsp3) is 0.556. The van der Waals surface area contributed by atoms with Crippen LogP contribution in [0.15, 0.2) is 30.3 Å². The summed E-state index contributed by atoms with van der Waals surface area (Å²) in [4.78, 5) is 26.7. The first-order valence-corrected chi connectivity index (χ1v) is 8.58. The van der Waals surface area contributed by atoms with Crippen molar-refractivity contribution >= 4 is 24.2 Å². The molecule has 5 nitrogen and oxygen atoms in total. The normalized spacial score (nSPS) is 22.9. The first-order chi connectivity index (χ1) is 11.2. The highest BCUT2D eigenvalue weighted by Gasteiger charge is 2.34. The van der Waals surface area contributed by atoms with Gasteiger partial charge in [-0.25, -0.2) is 0 Å². The highest BCUT2D eigenvalue weighted by molar-refractivity contribution is 5.89. The van der Waals surface area contributed by atoms with Gasteiger partial charge in [-0.1, -0.05) is 30.3 Å². The van der Waals surface area contributed by atoms with Gasteiger partial charge in [0.1, 0.15) is 6.04 Å². The molecule has 2 unspecified atom stereocenters. The van der Waals surface area contributed by atoms with Crippen LogP contribution in [0.25, 0.3) is 0 Å². The van der Waals surface area contributed by atoms with Crippen LogP contribution in [0.5, 0.6) is 0 Å². The Morgan fingerprint density at radius 3 is 2.67 bits per heavy atom. The molecule has 0 aromatic heterocycles. The van der Waals surface area contributed by atoms with E-state index >= 15 is 0 Å². The molecule has 0 spiro atoms. The Bertz CT molecular complexity index is 546. The SMILES string of the molecule is Cl.O=C(NCC1CCCN1)C1CCCN1C(=O)Cc1ccccc1. The standard InChI is InChI=1S/C18H25N3O2.ClH/c22-17(12-14-6-2-1-3-7-14)21-11-5-9-16(21)18(23)20-13-15-8-4-10-19-15;/h1-3,6-7,15-16,19H,4-5,8-13H2,(H,20,23);1H. The molecule has 0 bridgehead atoms. The van der Waals surface area contributed by atoms with Crippen molar-refractivity contribution in [2.45, 2.75) is 44.2 Å². The van der Waals surface area contributed by atoms with Crippen molar-refractivity contribution in [2.75, 3.05) is 19.6 Å². The van der Waals surface area contributed by atoms with E-state index in [1.807, 2.05) is 30.3 Å². The first-order valence-electron chi connectivity index (χ1n) is 8.58. The van der Waals surface area contributed by atoms with E-state index in [9.17, 15) is 9.59 Å². The lowest BCUT2D eigenvalue weighted by molar-refractivity contribution is -0.138. The van der Waals surface area contributed by atoms with E-state index in [0.717, 1.165) is 31.4 Å². The molecule has 0 saturated carbocycles. The molecule has 6 heteroatoms. The van der Waals surface area contributed by atoms with Crippen LogP contribution < -0.4 is 10.6 Å². The monoisotopic (exact) mass is 351 g/mol. The number of benzene rings is 1. The topological polar surface area (TPSA) is 61.4 Å². The largest absolute Gasteiger partial charge is 0.353 e. The molecular formula is C18H26ClN3O2. The molecule has 2 fully saturated rings. The molecule has 2 aliphatic heterocycles. The predicted molar refractivity (Wildman–Crippen MR) is 96.2 cm³/mol. The molecular weight excluding hydrogens is 326 g/mol. The minimum absolute atomic E-state index is 0. The van der Waals surface area contributed by atoms with Gasteiger partial charge in [0, 0.05) is 19.1 Å². The lowest BCUT2D eigenvalue weighted by Gasteiger charge is -2.24. The lowest BCUT2D eigenvalue weighted by atomic mass is 10.1. The molecule has 1 aromatic carbocycles. The number of amides is 2. The molecule has 132 valence electrons. The Kier molecular flexibility index (Phi) is 7.06. The van der Waals surface area contributed by atoms with Gasteiger partial charge < -0.3 is 15.5 Å². The van der Waals surface area contributed by atoms with E-state index < -0.39 is 0 Å². The Hall–Kier alpha value is -1.59. The second-order valence-electron chi connectivity index (χ2n) is 6.45. The number of nitrogens with zero attached hydrogens (tertiary/aromatic N) is 1. The van der Waals surface area contributed by atoms with Crippen molar-refractivity contribution in [1.82, 2.24) is 15.5 Å². The molecule has 0 radical (unpaired) electrons. The first kappa shape index (κ1) is 18.7. The number of halogens is 1. The molecule has 3 rings (SSSR count). The van der Waals surface area contributed by atoms with Crippen LogP contribution in [-0.4, -0.2) is 48.4 Å². The van der Waals surface area contributed by atoms with Crippen LogP contribution in [-0.2, 0) is 16.0 Å². The maximum absolute atomic E-state index is 12.5. The molecule has 2 saturated heterocycles. The summed E-state index contributed by atoms with van der Waals surface area (Å²) in [6.45, 7) is 2.38. The van der Waals surface area contributed by atoms with Gasteiger partial charge >= 0.3 is 0 Å². The molecule has 24 heavy (non-hydrogen) atoms. The van der Waals surface area contributed by atoms with Crippen molar-refractivity contribution in [1.29, 1.82) is 0 Å². The maximum Gasteiger partial charge on any atom is 0.242 e. The number of rotatable bonds is 5. The number of hydrogen-bond donors (Lipinski definition) is 2. The summed E-state index contributed by atoms with van der Waals surface area (Å²) in [5, 5.41) is 6.39. The third-order valence-electron chi connectivity index (χ3n) is 4.76. The van der Waals surface area contributed by atoms with Gasteiger partial charge in [-0.3, -0.25) is 9.59 Å². The zero-order valence-corrected chi connectivity index (χ0v) is 14.7. The summed E-state index contributed by atoms with van der Waals surface area (Å²) >= 11 is 0. The fourth-order valence-corrected chi connectivity index (χ4v) is 3.48. The lowest BCUT2D eigenvalue weighted by Crippen LogP contribution is -2.48. The number of carbonyl (C=O) groups excluding carboxylic acids is 2. The number of likely N-dealkylation sites (tertiary alicyclic amines) is 1. The number of nitrogens with one attached hydrogen (secondary N) is 2. The van der Waals surface area contributed by atoms with E-state index in [1.165, 1.54) is 6.42 Å². The second-order valence-corrected chi connectivity index (χ2v) is 6.45. The summed E-state index contributed by atoms with van der Waals surface area (Å²) in [5.74, 6) is 0.0467. The molecule has 2 atom stereocenters. The zero-order valence-electron chi connectivity index (χ0n) is 13.9. The fourth-order valence-electron chi connectivity index (χ4n) is 3.48. The Balaban J connectivity index is 0.00000208. The van der Waals surface area contributed by atoms with Gasteiger partial charge in [0.15, 0.2) is 0 Å². The highest BCUT2D eigenvalue weighted by atomic mass is 35.5. The summed E-state index contributed by atoms with van der Waals surface area (Å²) < 4.78 is 0. The Morgan fingerprint density at radius 1 is 1.17 bits per heavy atom. The van der Waals surface area contributed by atoms with Crippen LogP contribution >= 0.6 is 12.4 Å². The van der Waals surface area contributed by atoms with Crippen LogP contribution in [0.2, 0.25) is 0 Å². The molecule has 2 aliphatic rings. The summed E-state index contributed by atoms with van der Waals surface area (Å²) in [5.41, 5.74) is 0.999. The van der Waals surface area contributed by atoms with Crippen molar-refractivity contribution in [3.8, 4) is 0 Å². The van der Waals surface area contributed by atoms with Crippen molar-refractivity contribution < 1.29 is 9.59 Å². The minimum Gasteiger partial charge on any atom is -0.353 e. The van der Waals surface area contributed by atoms with E-state index in [4.69, 9.17) is 0 Å². The quantitative estimate of drug-likeness (QED) is 0.845. The van der Waals surface area contributed by atoms with Crippen molar-refractivity contribution in [2.24, 2.45) is 0 Å². The molecule has 0 aliphatic carbocycles. The van der Waals surface area contributed by atoms with Gasteiger partial charge in [0.05, 0.1) is 6.42 Å². The third kappa shape index (κ3) is 4.71. The van der Waals surface area contributed by atoms with E-state index in [0.29, 0.717) is 25.6 Å². The Morgan fingerprint density at radius 2 is 1.96 bits per heavy atom. The second kappa shape index (κ2) is 9.04. The molecule has 1 aromatic rings. The van der Waals surface area contributed by atoms with Crippen molar-refractivity contribution in [3.63, 3.8) is 0 Å². The number of carbonyl (C=O) groups is 2. The van der Waals surface area contributed by atoms with Crippen LogP contribution in [0.4, 0.5) is 0 Å². The van der Waals surface area contributed by atoms with E-state index in [2.05, 4.69) is 10.6 Å². The van der Waals surface area contributed by atoms with Crippen molar-refractivity contribution in [3.05, 3.63) is 35.9 Å². The smallest absolute Gasteiger partial charge is 0.242 e. The molecule has 2 heterocycles. The molecule has 2 amide bonds. The summed E-state index contributed by atoms with van der Waals surface area (Å²) in [7, 11) is 0. The average Bonchev–Trinajstić information content (AvgIpc) is 3.25. The zero-order chi connectivity index (χ0) is 16.1. The van der Waals surface area contributed by atoms with Crippen LogP contribution in [0.3, 0.4) is 0 Å². The maximum atomic E-state index is 12.5. The van der Waals surface area contributed by atoms with Gasteiger partial charge in [-0.05, 0) is 37.8 Å².